The van der Waals surface area contributed by atoms with Gasteiger partial charge in [0.15, 0.2) is 0 Å². The van der Waals surface area contributed by atoms with Crippen LogP contribution in [-0.2, 0) is 16.6 Å². The fraction of sp³-hybridized carbons (Fsp3) is 0.389. The molecule has 2 rings (SSSR count). The summed E-state index contributed by atoms with van der Waals surface area (Å²) in [6.45, 7) is 7.54. The maximum absolute atomic E-state index is 12.8. The van der Waals surface area contributed by atoms with Gasteiger partial charge in [-0.1, -0.05) is 13.8 Å². The Bertz CT molecular complexity index is 794. The third-order valence-corrected chi connectivity index (χ3v) is 4.09. The number of carbonyl (C=O) groups excluding carboxylic acids is 3. The molecule has 1 aromatic heterocycles. The van der Waals surface area contributed by atoms with E-state index in [4.69, 9.17) is 0 Å². The average Bonchev–Trinajstić information content (AvgIpc) is 2.76. The van der Waals surface area contributed by atoms with Gasteiger partial charge in [-0.25, -0.2) is 4.79 Å². The first kappa shape index (κ1) is 17.7. The van der Waals surface area contributed by atoms with Crippen LogP contribution in [-0.4, -0.2) is 29.2 Å². The number of esters is 1. The molecular weight excluding hydrogens is 308 g/mol. The minimum Gasteiger partial charge on any atom is -0.466 e. The highest BCUT2D eigenvalue weighted by Crippen LogP contribution is 2.32. The van der Waals surface area contributed by atoms with Crippen LogP contribution in [0.1, 0.15) is 58.8 Å². The standard InChI is InChI=1S/C18H22N2O4/c1-9(2)16-11(4)15-17(20(16)5)13(21)8-12(18(15)23)19-10(3)7-14(22)24-6/h7-9,19H,1-6H3/b10-7+. The van der Waals surface area contributed by atoms with Crippen LogP contribution in [0.25, 0.3) is 0 Å². The van der Waals surface area contributed by atoms with Crippen molar-refractivity contribution >= 4 is 17.5 Å². The molecule has 24 heavy (non-hydrogen) atoms. The first-order valence-electron chi connectivity index (χ1n) is 7.72. The van der Waals surface area contributed by atoms with Gasteiger partial charge >= 0.3 is 5.97 Å². The number of allylic oxidation sites excluding steroid dienone is 3. The van der Waals surface area contributed by atoms with E-state index >= 15 is 0 Å². The molecule has 0 atom stereocenters. The summed E-state index contributed by atoms with van der Waals surface area (Å²) in [6, 6.07) is 0. The predicted molar refractivity (Wildman–Crippen MR) is 89.9 cm³/mol. The molecule has 0 spiro atoms. The molecule has 0 aliphatic heterocycles. The Morgan fingerprint density at radius 1 is 1.33 bits per heavy atom. The number of fused-ring (bicyclic) bond motifs is 1. The number of aromatic nitrogens is 1. The van der Waals surface area contributed by atoms with Gasteiger partial charge in [-0.15, -0.1) is 0 Å². The normalized spacial score (nSPS) is 14.6. The summed E-state index contributed by atoms with van der Waals surface area (Å²) in [5.74, 6) is -0.815. The minimum absolute atomic E-state index is 0.161. The van der Waals surface area contributed by atoms with Crippen molar-refractivity contribution in [2.24, 2.45) is 7.05 Å². The molecule has 128 valence electrons. The van der Waals surface area contributed by atoms with Gasteiger partial charge < -0.3 is 14.6 Å². The molecule has 1 aliphatic rings. The number of nitrogens with zero attached hydrogens (tertiary/aromatic N) is 1. The van der Waals surface area contributed by atoms with Gasteiger partial charge in [-0.05, 0) is 25.3 Å². The van der Waals surface area contributed by atoms with Crippen LogP contribution < -0.4 is 5.32 Å². The number of rotatable bonds is 4. The van der Waals surface area contributed by atoms with Gasteiger partial charge in [-0.2, -0.15) is 0 Å². The molecule has 0 bridgehead atoms. The Balaban J connectivity index is 2.46. The lowest BCUT2D eigenvalue weighted by Gasteiger charge is -2.16. The molecule has 0 amide bonds. The fourth-order valence-corrected chi connectivity index (χ4v) is 3.21. The van der Waals surface area contributed by atoms with Crippen molar-refractivity contribution in [3.05, 3.63) is 46.1 Å². The molecule has 1 N–H and O–H groups in total. The average molecular weight is 330 g/mol. The van der Waals surface area contributed by atoms with Crippen molar-refractivity contribution in [2.75, 3.05) is 7.11 Å². The number of hydrogen-bond acceptors (Lipinski definition) is 5. The van der Waals surface area contributed by atoms with Gasteiger partial charge in [0.2, 0.25) is 11.6 Å². The van der Waals surface area contributed by atoms with Gasteiger partial charge in [0, 0.05) is 30.6 Å². The van der Waals surface area contributed by atoms with Crippen LogP contribution in [0.15, 0.2) is 23.5 Å². The van der Waals surface area contributed by atoms with Crippen LogP contribution >= 0.6 is 0 Å². The third kappa shape index (κ3) is 2.91. The Hall–Kier alpha value is -2.63. The van der Waals surface area contributed by atoms with Crippen molar-refractivity contribution in [1.29, 1.82) is 0 Å². The van der Waals surface area contributed by atoms with E-state index in [2.05, 4.69) is 10.1 Å². The lowest BCUT2D eigenvalue weighted by Crippen LogP contribution is -2.27. The Labute approximate surface area is 141 Å². The molecule has 1 aromatic rings. The van der Waals surface area contributed by atoms with Crippen LogP contribution in [0.3, 0.4) is 0 Å². The SMILES string of the molecule is COC(=O)/C=C(\C)NC1=CC(=O)c2c(c(C)c(C(C)C)n2C)C1=O. The number of ether oxygens (including phenoxy) is 1. The van der Waals surface area contributed by atoms with E-state index in [-0.39, 0.29) is 23.2 Å². The van der Waals surface area contributed by atoms with Gasteiger partial charge in [0.05, 0.1) is 18.4 Å². The highest BCUT2D eigenvalue weighted by molar-refractivity contribution is 6.24. The molecule has 0 aromatic carbocycles. The van der Waals surface area contributed by atoms with Gasteiger partial charge in [-0.3, -0.25) is 9.59 Å². The van der Waals surface area contributed by atoms with Crippen molar-refractivity contribution in [3.63, 3.8) is 0 Å². The summed E-state index contributed by atoms with van der Waals surface area (Å²) in [7, 11) is 3.08. The smallest absolute Gasteiger partial charge is 0.332 e. The van der Waals surface area contributed by atoms with Crippen LogP contribution in [0.2, 0.25) is 0 Å². The monoisotopic (exact) mass is 330 g/mol. The van der Waals surface area contributed by atoms with Crippen LogP contribution in [0, 0.1) is 6.92 Å². The lowest BCUT2D eigenvalue weighted by molar-refractivity contribution is -0.134. The number of ketones is 2. The quantitative estimate of drug-likeness (QED) is 0.677. The van der Waals surface area contributed by atoms with Crippen molar-refractivity contribution in [1.82, 2.24) is 9.88 Å². The van der Waals surface area contributed by atoms with E-state index in [1.807, 2.05) is 20.8 Å². The molecular formula is C18H22N2O4. The van der Waals surface area contributed by atoms with E-state index in [0.717, 1.165) is 11.3 Å². The molecule has 0 saturated heterocycles. The predicted octanol–water partition coefficient (Wildman–Crippen LogP) is 2.39. The summed E-state index contributed by atoms with van der Waals surface area (Å²) in [5, 5.41) is 2.83. The van der Waals surface area contributed by atoms with E-state index in [1.165, 1.54) is 19.3 Å². The van der Waals surface area contributed by atoms with Gasteiger partial charge in [0.1, 0.15) is 5.69 Å². The van der Waals surface area contributed by atoms with Crippen molar-refractivity contribution < 1.29 is 19.1 Å². The number of methoxy groups -OCH3 is 1. The zero-order valence-corrected chi connectivity index (χ0v) is 14.8. The Morgan fingerprint density at radius 2 is 1.96 bits per heavy atom. The largest absolute Gasteiger partial charge is 0.466 e. The zero-order chi connectivity index (χ0) is 18.2. The zero-order valence-electron chi connectivity index (χ0n) is 14.8. The lowest BCUT2D eigenvalue weighted by atomic mass is 9.94. The van der Waals surface area contributed by atoms with Gasteiger partial charge in [0.25, 0.3) is 0 Å². The Kier molecular flexibility index (Phi) is 4.78. The Morgan fingerprint density at radius 3 is 2.50 bits per heavy atom. The molecule has 1 aliphatic carbocycles. The van der Waals surface area contributed by atoms with E-state index in [9.17, 15) is 14.4 Å². The maximum atomic E-state index is 12.8. The second-order valence-electron chi connectivity index (χ2n) is 6.17. The maximum Gasteiger partial charge on any atom is 0.332 e. The summed E-state index contributed by atoms with van der Waals surface area (Å²) in [6.07, 6.45) is 2.51. The number of Topliss-reactive ketones (excluding diaryl/α,β-unsaturated/α-hetero) is 1. The molecule has 0 saturated carbocycles. The minimum atomic E-state index is -0.533. The number of carbonyl (C=O) groups is 3. The summed E-state index contributed by atoms with van der Waals surface area (Å²) in [5.41, 5.74) is 3.23. The number of hydrogen-bond donors (Lipinski definition) is 1. The van der Waals surface area contributed by atoms with Crippen LogP contribution in [0.4, 0.5) is 0 Å². The molecule has 0 fully saturated rings. The van der Waals surface area contributed by atoms with Crippen LogP contribution in [0.5, 0.6) is 0 Å². The molecule has 6 heteroatoms. The molecule has 0 unspecified atom stereocenters. The van der Waals surface area contributed by atoms with E-state index in [0.29, 0.717) is 17.0 Å². The summed E-state index contributed by atoms with van der Waals surface area (Å²) >= 11 is 0. The van der Waals surface area contributed by atoms with E-state index in [1.54, 1.807) is 18.5 Å². The second kappa shape index (κ2) is 6.47. The second-order valence-corrected chi connectivity index (χ2v) is 6.17. The highest BCUT2D eigenvalue weighted by atomic mass is 16.5. The first-order valence-corrected chi connectivity index (χ1v) is 7.72. The summed E-state index contributed by atoms with van der Waals surface area (Å²) in [4.78, 5) is 36.6. The topological polar surface area (TPSA) is 77.4 Å². The summed E-state index contributed by atoms with van der Waals surface area (Å²) < 4.78 is 6.35. The van der Waals surface area contributed by atoms with Crippen molar-refractivity contribution in [3.8, 4) is 0 Å². The van der Waals surface area contributed by atoms with E-state index < -0.39 is 5.97 Å². The molecule has 0 radical (unpaired) electrons. The van der Waals surface area contributed by atoms with Crippen molar-refractivity contribution in [2.45, 2.75) is 33.6 Å². The molecule has 6 nitrogen and oxygen atoms in total. The highest BCUT2D eigenvalue weighted by Gasteiger charge is 2.33. The third-order valence-electron chi connectivity index (χ3n) is 4.09. The first-order chi connectivity index (χ1) is 11.2. The number of nitrogens with one attached hydrogen (secondary N) is 1. The fourth-order valence-electron chi connectivity index (χ4n) is 3.21. The molecule has 1 heterocycles.